The lowest BCUT2D eigenvalue weighted by Crippen LogP contribution is -1.99. The van der Waals surface area contributed by atoms with Gasteiger partial charge in [0.2, 0.25) is 0 Å². The van der Waals surface area contributed by atoms with E-state index in [-0.39, 0.29) is 22.3 Å². The summed E-state index contributed by atoms with van der Waals surface area (Å²) in [5, 5.41) is 13.9. The van der Waals surface area contributed by atoms with E-state index in [4.69, 9.17) is 0 Å². The topological polar surface area (TPSA) is 68.1 Å². The molecule has 1 aromatic carbocycles. The molecule has 88 valence electrons. The highest BCUT2D eigenvalue weighted by Gasteiger charge is 2.20. The molecule has 0 fully saturated rings. The van der Waals surface area contributed by atoms with Crippen LogP contribution in [0.1, 0.15) is 0 Å². The molecular weight excluding hydrogens is 293 g/mol. The van der Waals surface area contributed by atoms with E-state index in [1.54, 1.807) is 7.05 Å². The van der Waals surface area contributed by atoms with E-state index in [0.29, 0.717) is 4.47 Å². The minimum atomic E-state index is -0.559. The van der Waals surface area contributed by atoms with E-state index in [1.165, 1.54) is 6.20 Å². The Bertz CT molecular complexity index is 610. The number of nitrogens with zero attached hydrogens (tertiary/aromatic N) is 2. The van der Waals surface area contributed by atoms with E-state index < -0.39 is 10.7 Å². The Morgan fingerprint density at radius 1 is 1.47 bits per heavy atom. The highest BCUT2D eigenvalue weighted by Crippen LogP contribution is 2.36. The van der Waals surface area contributed by atoms with Crippen LogP contribution in [-0.4, -0.2) is 17.0 Å². The summed E-state index contributed by atoms with van der Waals surface area (Å²) >= 11 is 3.14. The summed E-state index contributed by atoms with van der Waals surface area (Å²) in [4.78, 5) is 14.3. The highest BCUT2D eigenvalue weighted by atomic mass is 79.9. The minimum absolute atomic E-state index is 0.151. The zero-order valence-corrected chi connectivity index (χ0v) is 10.3. The zero-order valence-electron chi connectivity index (χ0n) is 8.70. The van der Waals surface area contributed by atoms with Crippen molar-refractivity contribution in [1.82, 2.24) is 4.98 Å². The van der Waals surface area contributed by atoms with E-state index in [9.17, 15) is 14.5 Å². The third-order valence-corrected chi connectivity index (χ3v) is 2.95. The number of nitrogens with one attached hydrogen (secondary N) is 1. The fourth-order valence-electron chi connectivity index (χ4n) is 1.63. The Morgan fingerprint density at radius 2 is 2.18 bits per heavy atom. The van der Waals surface area contributed by atoms with E-state index in [1.807, 2.05) is 0 Å². The van der Waals surface area contributed by atoms with Crippen LogP contribution in [0.5, 0.6) is 0 Å². The molecule has 0 aliphatic heterocycles. The first-order valence-corrected chi connectivity index (χ1v) is 5.44. The number of halogens is 2. The van der Waals surface area contributed by atoms with Crippen LogP contribution in [0.2, 0.25) is 0 Å². The van der Waals surface area contributed by atoms with E-state index in [0.717, 1.165) is 12.1 Å². The molecule has 0 amide bonds. The van der Waals surface area contributed by atoms with Crippen LogP contribution in [0.15, 0.2) is 22.8 Å². The molecule has 0 atom stereocenters. The Balaban J connectivity index is 3.01. The van der Waals surface area contributed by atoms with Crippen molar-refractivity contribution in [3.8, 4) is 0 Å². The Kier molecular flexibility index (Phi) is 2.93. The van der Waals surface area contributed by atoms with Gasteiger partial charge in [0, 0.05) is 29.2 Å². The van der Waals surface area contributed by atoms with Gasteiger partial charge < -0.3 is 5.32 Å². The molecule has 0 aliphatic carbocycles. The van der Waals surface area contributed by atoms with Gasteiger partial charge in [-0.25, -0.2) is 9.37 Å². The molecule has 7 heteroatoms. The number of benzene rings is 1. The van der Waals surface area contributed by atoms with E-state index in [2.05, 4.69) is 26.2 Å². The first-order valence-electron chi connectivity index (χ1n) is 4.65. The number of rotatable bonds is 2. The number of non-ortho nitro benzene ring substituents is 1. The second-order valence-corrected chi connectivity index (χ2v) is 4.13. The Morgan fingerprint density at radius 3 is 2.76 bits per heavy atom. The molecule has 2 rings (SSSR count). The van der Waals surface area contributed by atoms with Crippen LogP contribution in [0.25, 0.3) is 10.8 Å². The van der Waals surface area contributed by atoms with Crippen molar-refractivity contribution in [2.45, 2.75) is 0 Å². The van der Waals surface area contributed by atoms with Crippen molar-refractivity contribution in [2.75, 3.05) is 12.4 Å². The highest BCUT2D eigenvalue weighted by molar-refractivity contribution is 9.10. The summed E-state index contributed by atoms with van der Waals surface area (Å²) in [5.74, 6) is -0.259. The third-order valence-electron chi connectivity index (χ3n) is 2.35. The number of nitro benzene ring substituents is 1. The van der Waals surface area contributed by atoms with Crippen LogP contribution in [0, 0.1) is 15.9 Å². The molecule has 0 radical (unpaired) electrons. The van der Waals surface area contributed by atoms with Gasteiger partial charge in [0.25, 0.3) is 5.69 Å². The fraction of sp³-hybridized carbons (Fsp3) is 0.100. The number of nitro groups is 1. The predicted octanol–water partition coefficient (Wildman–Crippen LogP) is 3.09. The van der Waals surface area contributed by atoms with Crippen LogP contribution in [0.3, 0.4) is 0 Å². The number of hydrogen-bond donors (Lipinski definition) is 1. The molecule has 0 saturated heterocycles. The largest absolute Gasteiger partial charge is 0.372 e. The van der Waals surface area contributed by atoms with Gasteiger partial charge in [0.1, 0.15) is 17.0 Å². The summed E-state index contributed by atoms with van der Waals surface area (Å²) in [5.41, 5.74) is -0.181. The maximum Gasteiger partial charge on any atom is 0.281 e. The summed E-state index contributed by atoms with van der Waals surface area (Å²) < 4.78 is 14.1. The average molecular weight is 300 g/mol. The van der Waals surface area contributed by atoms with Crippen LogP contribution >= 0.6 is 15.9 Å². The van der Waals surface area contributed by atoms with Crippen molar-refractivity contribution in [3.05, 3.63) is 38.7 Å². The summed E-state index contributed by atoms with van der Waals surface area (Å²) in [6.07, 6.45) is 1.40. The molecule has 0 bridgehead atoms. The van der Waals surface area contributed by atoms with Gasteiger partial charge in [-0.15, -0.1) is 0 Å². The fourth-order valence-corrected chi connectivity index (χ4v) is 2.12. The Labute approximate surface area is 104 Å². The van der Waals surface area contributed by atoms with Gasteiger partial charge >= 0.3 is 0 Å². The van der Waals surface area contributed by atoms with Crippen LogP contribution in [0.4, 0.5) is 15.9 Å². The third kappa shape index (κ3) is 1.82. The molecule has 0 aliphatic rings. The second-order valence-electron chi connectivity index (χ2n) is 3.28. The molecule has 17 heavy (non-hydrogen) atoms. The molecule has 0 spiro atoms. The predicted molar refractivity (Wildman–Crippen MR) is 65.6 cm³/mol. The van der Waals surface area contributed by atoms with Crippen LogP contribution < -0.4 is 5.32 Å². The quantitative estimate of drug-likeness (QED) is 0.683. The number of aromatic nitrogens is 1. The molecule has 0 saturated carbocycles. The maximum atomic E-state index is 13.7. The molecular formula is C10H7BrFN3O2. The SMILES string of the molecule is CNc1ncc(Br)c2c(F)ccc([N+](=O)[O-])c12. The van der Waals surface area contributed by atoms with Crippen molar-refractivity contribution < 1.29 is 9.31 Å². The van der Waals surface area contributed by atoms with Crippen LogP contribution in [-0.2, 0) is 0 Å². The first-order chi connectivity index (χ1) is 8.06. The number of anilines is 1. The molecule has 0 unspecified atom stereocenters. The molecule has 1 N–H and O–H groups in total. The van der Waals surface area contributed by atoms with Gasteiger partial charge in [-0.05, 0) is 22.0 Å². The Hall–Kier alpha value is -1.76. The van der Waals surface area contributed by atoms with E-state index >= 15 is 0 Å². The number of fused-ring (bicyclic) bond motifs is 1. The monoisotopic (exact) mass is 299 g/mol. The maximum absolute atomic E-state index is 13.7. The summed E-state index contributed by atoms with van der Waals surface area (Å²) in [6, 6.07) is 2.21. The lowest BCUT2D eigenvalue weighted by molar-refractivity contribution is -0.383. The van der Waals surface area contributed by atoms with Gasteiger partial charge in [-0.1, -0.05) is 0 Å². The average Bonchev–Trinajstić information content (AvgIpc) is 2.29. The first kappa shape index (κ1) is 11.7. The van der Waals surface area contributed by atoms with Gasteiger partial charge in [-0.2, -0.15) is 0 Å². The molecule has 1 heterocycles. The minimum Gasteiger partial charge on any atom is -0.372 e. The molecule has 5 nitrogen and oxygen atoms in total. The van der Waals surface area contributed by atoms with Gasteiger partial charge in [0.05, 0.1) is 4.92 Å². The lowest BCUT2D eigenvalue weighted by atomic mass is 10.1. The summed E-state index contributed by atoms with van der Waals surface area (Å²) in [6.45, 7) is 0. The van der Waals surface area contributed by atoms with Crippen molar-refractivity contribution in [1.29, 1.82) is 0 Å². The standard InChI is InChI=1S/C10H7BrFN3O2/c1-13-10-9-7(15(16)17)3-2-6(12)8(9)5(11)4-14-10/h2-4H,1H3,(H,13,14). The van der Waals surface area contributed by atoms with Gasteiger partial charge in [0.15, 0.2) is 0 Å². The number of hydrogen-bond acceptors (Lipinski definition) is 4. The molecule has 1 aromatic heterocycles. The number of pyridine rings is 1. The second kappa shape index (κ2) is 4.25. The van der Waals surface area contributed by atoms with Crippen molar-refractivity contribution in [2.24, 2.45) is 0 Å². The van der Waals surface area contributed by atoms with Crippen molar-refractivity contribution in [3.63, 3.8) is 0 Å². The zero-order chi connectivity index (χ0) is 12.6. The smallest absolute Gasteiger partial charge is 0.281 e. The molecule has 2 aromatic rings. The van der Waals surface area contributed by atoms with Gasteiger partial charge in [-0.3, -0.25) is 10.1 Å². The lowest BCUT2D eigenvalue weighted by Gasteiger charge is -2.07. The van der Waals surface area contributed by atoms with Crippen molar-refractivity contribution >= 4 is 38.2 Å². The summed E-state index contributed by atoms with van der Waals surface area (Å²) in [7, 11) is 1.57. The normalized spacial score (nSPS) is 10.5.